The number of morpholine rings is 1. The Morgan fingerprint density at radius 1 is 0.970 bits per heavy atom. The van der Waals surface area contributed by atoms with Crippen LogP contribution >= 0.6 is 23.4 Å². The highest BCUT2D eigenvalue weighted by atomic mass is 35.5. The maximum absolute atomic E-state index is 14.2. The molecule has 2 N–H and O–H groups in total. The van der Waals surface area contributed by atoms with E-state index in [1.54, 1.807) is 12.1 Å². The number of carbonyl (C=O) groups is 2. The molecule has 4 atom stereocenters. The lowest BCUT2D eigenvalue weighted by Crippen LogP contribution is -2.47. The third-order valence-electron chi connectivity index (χ3n) is 13.2. The van der Waals surface area contributed by atoms with Crippen molar-refractivity contribution in [2.75, 3.05) is 68.4 Å². The molecule has 0 radical (unpaired) electrons. The largest absolute Gasteiger partial charge is 0.501 e. The van der Waals surface area contributed by atoms with E-state index >= 15 is 0 Å². The van der Waals surface area contributed by atoms with E-state index in [2.05, 4.69) is 20.0 Å². The first-order chi connectivity index (χ1) is 31.9. The van der Waals surface area contributed by atoms with Crippen LogP contribution in [0.15, 0.2) is 117 Å². The van der Waals surface area contributed by atoms with Gasteiger partial charge in [0.05, 0.1) is 23.3 Å². The maximum atomic E-state index is 14.2. The standard InChI is InChI=1S/C48H53ClF3N5O7S3/c1-47(32-58)19-17-43(33-7-11-36(49)12-8-33)35(27-47)28-55-21-23-56(24-22-55)38-13-9-34(10-14-38)46(59)54-67(62,63)42-15-16-44(45(26-42)66(60,61)48(50,51)52)53-37(31-65-41-5-3-2-4-6-41)18-20-57-29-40-25-39(57)30-64-40/h2-16,26,32,37,39-40,53H,17-25,27-31H2,1H3,(H,54,59)/t37-,39-,40-,47-/m1/s1. The van der Waals surface area contributed by atoms with Gasteiger partial charge in [0.2, 0.25) is 0 Å². The van der Waals surface area contributed by atoms with Crippen molar-refractivity contribution in [3.8, 4) is 0 Å². The molecular weight excluding hydrogens is 947 g/mol. The second kappa shape index (κ2) is 20.3. The van der Waals surface area contributed by atoms with Gasteiger partial charge in [0.15, 0.2) is 0 Å². The Labute approximate surface area is 399 Å². The lowest BCUT2D eigenvalue weighted by atomic mass is 9.72. The van der Waals surface area contributed by atoms with E-state index in [4.69, 9.17) is 16.3 Å². The molecule has 1 aliphatic carbocycles. The molecule has 0 spiro atoms. The molecule has 67 heavy (non-hydrogen) atoms. The van der Waals surface area contributed by atoms with Crippen molar-refractivity contribution in [1.29, 1.82) is 0 Å². The van der Waals surface area contributed by atoms with Gasteiger partial charge >= 0.3 is 5.51 Å². The molecule has 12 nitrogen and oxygen atoms in total. The number of ether oxygens (including phenoxy) is 1. The number of hydrogen-bond acceptors (Lipinski definition) is 12. The lowest BCUT2D eigenvalue weighted by molar-refractivity contribution is -0.115. The molecule has 358 valence electrons. The van der Waals surface area contributed by atoms with Gasteiger partial charge in [-0.15, -0.1) is 11.8 Å². The van der Waals surface area contributed by atoms with Gasteiger partial charge in [-0.25, -0.2) is 21.6 Å². The van der Waals surface area contributed by atoms with Gasteiger partial charge in [0, 0.05) is 90.2 Å². The monoisotopic (exact) mass is 999 g/mol. The molecule has 1 amide bonds. The summed E-state index contributed by atoms with van der Waals surface area (Å²) in [6.07, 6.45) is 4.81. The Morgan fingerprint density at radius 3 is 2.33 bits per heavy atom. The van der Waals surface area contributed by atoms with Crippen molar-refractivity contribution in [2.45, 2.75) is 77.4 Å². The number of nitrogens with one attached hydrogen (secondary N) is 2. The van der Waals surface area contributed by atoms with Crippen molar-refractivity contribution < 1.29 is 44.3 Å². The van der Waals surface area contributed by atoms with Gasteiger partial charge in [0.1, 0.15) is 11.2 Å². The molecule has 4 aromatic rings. The fraction of sp³-hybridized carbons (Fsp3) is 0.417. The molecule has 0 saturated carbocycles. The molecule has 8 rings (SSSR count). The number of thioether (sulfide) groups is 1. The number of amides is 1. The summed E-state index contributed by atoms with van der Waals surface area (Å²) in [5, 5.41) is 3.67. The number of aldehydes is 1. The van der Waals surface area contributed by atoms with Crippen molar-refractivity contribution in [1.82, 2.24) is 14.5 Å². The number of sulfonamides is 1. The predicted octanol–water partition coefficient (Wildman–Crippen LogP) is 8.15. The van der Waals surface area contributed by atoms with E-state index in [9.17, 15) is 39.6 Å². The minimum absolute atomic E-state index is 0.0267. The summed E-state index contributed by atoms with van der Waals surface area (Å²) in [5.74, 6) is -0.676. The normalized spacial score (nSPS) is 22.2. The molecule has 4 aliphatic rings. The average molecular weight is 1000 g/mol. The minimum Gasteiger partial charge on any atom is -0.380 e. The summed E-state index contributed by atoms with van der Waals surface area (Å²) in [5.41, 5.74) is -2.20. The number of fused-ring (bicyclic) bond motifs is 2. The zero-order valence-corrected chi connectivity index (χ0v) is 40.1. The number of anilines is 2. The third-order valence-corrected chi connectivity index (χ3v) is 17.4. The van der Waals surface area contributed by atoms with Gasteiger partial charge < -0.3 is 19.7 Å². The first-order valence-electron chi connectivity index (χ1n) is 22.2. The van der Waals surface area contributed by atoms with E-state index in [1.165, 1.54) is 35.0 Å². The van der Waals surface area contributed by atoms with Gasteiger partial charge in [-0.3, -0.25) is 14.6 Å². The number of carbonyl (C=O) groups excluding carboxylic acids is 2. The predicted molar refractivity (Wildman–Crippen MR) is 255 cm³/mol. The Bertz CT molecular complexity index is 2690. The minimum atomic E-state index is -6.07. The number of benzene rings is 4. The number of nitrogens with zero attached hydrogens (tertiary/aromatic N) is 3. The summed E-state index contributed by atoms with van der Waals surface area (Å²) in [6, 6.07) is 25.6. The van der Waals surface area contributed by atoms with E-state index < -0.39 is 58.2 Å². The molecule has 3 heterocycles. The van der Waals surface area contributed by atoms with Crippen LogP contribution in [0.3, 0.4) is 0 Å². The van der Waals surface area contributed by atoms with Crippen molar-refractivity contribution in [2.24, 2.45) is 5.41 Å². The van der Waals surface area contributed by atoms with Crippen LogP contribution < -0.4 is 14.9 Å². The average Bonchev–Trinajstić information content (AvgIpc) is 3.95. The van der Waals surface area contributed by atoms with Crippen LogP contribution in [0.25, 0.3) is 5.57 Å². The number of hydrogen-bond donors (Lipinski definition) is 2. The number of halogens is 4. The first kappa shape index (κ1) is 49.0. The summed E-state index contributed by atoms with van der Waals surface area (Å²) in [7, 11) is -10.9. The molecule has 4 aromatic carbocycles. The quantitative estimate of drug-likeness (QED) is 0.0778. The van der Waals surface area contributed by atoms with Gasteiger partial charge in [-0.1, -0.05) is 54.4 Å². The fourth-order valence-corrected chi connectivity index (χ4v) is 12.5. The van der Waals surface area contributed by atoms with Crippen LogP contribution in [0.2, 0.25) is 5.02 Å². The zero-order chi connectivity index (χ0) is 47.6. The number of sulfone groups is 1. The Morgan fingerprint density at radius 2 is 1.69 bits per heavy atom. The molecule has 3 saturated heterocycles. The van der Waals surface area contributed by atoms with Gasteiger partial charge in [0.25, 0.3) is 25.8 Å². The number of alkyl halides is 3. The van der Waals surface area contributed by atoms with E-state index in [0.29, 0.717) is 55.9 Å². The van der Waals surface area contributed by atoms with Crippen LogP contribution in [0.1, 0.15) is 54.9 Å². The molecule has 3 fully saturated rings. The van der Waals surface area contributed by atoms with Crippen LogP contribution in [0.5, 0.6) is 0 Å². The Kier molecular flexibility index (Phi) is 14.8. The highest BCUT2D eigenvalue weighted by molar-refractivity contribution is 7.99. The van der Waals surface area contributed by atoms with Crippen LogP contribution in [-0.4, -0.2) is 121 Å². The number of piperazine rings is 1. The molecular formula is C48H53ClF3N5O7S3. The zero-order valence-electron chi connectivity index (χ0n) is 36.9. The summed E-state index contributed by atoms with van der Waals surface area (Å²) >= 11 is 7.62. The third kappa shape index (κ3) is 11.5. The molecule has 0 unspecified atom stereocenters. The second-order valence-corrected chi connectivity index (χ2v) is 23.1. The van der Waals surface area contributed by atoms with Crippen LogP contribution in [-0.2, 0) is 29.4 Å². The smallest absolute Gasteiger partial charge is 0.380 e. The number of rotatable bonds is 17. The molecule has 0 aromatic heterocycles. The van der Waals surface area contributed by atoms with Crippen molar-refractivity contribution >= 4 is 72.4 Å². The van der Waals surface area contributed by atoms with E-state index in [0.717, 1.165) is 80.0 Å². The highest BCUT2D eigenvalue weighted by Crippen LogP contribution is 2.42. The maximum Gasteiger partial charge on any atom is 0.501 e. The molecule has 2 bridgehead atoms. The van der Waals surface area contributed by atoms with Crippen molar-refractivity contribution in [3.05, 3.63) is 119 Å². The topological polar surface area (TPSA) is 145 Å². The Hall–Kier alpha value is -4.43. The molecule has 19 heteroatoms. The highest BCUT2D eigenvalue weighted by Gasteiger charge is 2.49. The first-order valence-corrected chi connectivity index (χ1v) is 26.6. The number of allylic oxidation sites excluding steroid dienone is 1. The summed E-state index contributed by atoms with van der Waals surface area (Å²) in [4.78, 5) is 31.0. The van der Waals surface area contributed by atoms with Gasteiger partial charge in [-0.05, 0) is 110 Å². The number of likely N-dealkylation sites (tertiary alicyclic amines) is 1. The van der Waals surface area contributed by atoms with Crippen LogP contribution in [0, 0.1) is 5.41 Å². The van der Waals surface area contributed by atoms with E-state index in [-0.39, 0.29) is 17.7 Å². The summed E-state index contributed by atoms with van der Waals surface area (Å²) in [6.45, 7) is 7.45. The van der Waals surface area contributed by atoms with E-state index in [1.807, 2.05) is 66.2 Å². The summed E-state index contributed by atoms with van der Waals surface area (Å²) < 4.78 is 104. The Balaban J connectivity index is 0.932. The van der Waals surface area contributed by atoms with Gasteiger partial charge in [-0.2, -0.15) is 13.2 Å². The lowest BCUT2D eigenvalue weighted by Gasteiger charge is -2.39. The molecule has 3 aliphatic heterocycles. The van der Waals surface area contributed by atoms with Crippen molar-refractivity contribution in [3.63, 3.8) is 0 Å². The fourth-order valence-electron chi connectivity index (χ4n) is 9.36. The second-order valence-electron chi connectivity index (χ2n) is 18.0. The SMILES string of the molecule is C[C@@]1(C=O)CCC(c2ccc(Cl)cc2)=C(CN2CCN(c3ccc(C(=O)NS(=O)(=O)c4ccc(N[C@H](CCN5C[C@H]6C[C@@H]5CO6)CSc5ccccc5)c(S(=O)(=O)C(F)(F)F)c4)cc3)CC2)C1. The van der Waals surface area contributed by atoms with Crippen LogP contribution in [0.4, 0.5) is 24.5 Å².